The fraction of sp³-hybridized carbons (Fsp3) is 1.00. The Morgan fingerprint density at radius 1 is 1.22 bits per heavy atom. The zero-order valence-corrected chi connectivity index (χ0v) is 12.3. The van der Waals surface area contributed by atoms with E-state index in [9.17, 15) is 5.11 Å². The van der Waals surface area contributed by atoms with Crippen LogP contribution in [0.25, 0.3) is 0 Å². The van der Waals surface area contributed by atoms with E-state index < -0.39 is 0 Å². The maximum atomic E-state index is 9.97. The van der Waals surface area contributed by atoms with Gasteiger partial charge in [0.05, 0.1) is 6.10 Å². The summed E-state index contributed by atoms with van der Waals surface area (Å²) in [7, 11) is 0. The van der Waals surface area contributed by atoms with Crippen LogP contribution in [0.2, 0.25) is 0 Å². The lowest BCUT2D eigenvalue weighted by Crippen LogP contribution is -2.39. The Kier molecular flexibility index (Phi) is 6.84. The number of aliphatic hydroxyl groups excluding tert-OH is 1. The lowest BCUT2D eigenvalue weighted by atomic mass is 10.0. The largest absolute Gasteiger partial charge is 0.392 e. The quantitative estimate of drug-likeness (QED) is 0.690. The topological polar surface area (TPSA) is 35.5 Å². The van der Waals surface area contributed by atoms with Crippen LogP contribution in [-0.2, 0) is 0 Å². The molecule has 0 aromatic heterocycles. The molecule has 3 nitrogen and oxygen atoms in total. The lowest BCUT2D eigenvalue weighted by Gasteiger charge is -2.26. The van der Waals surface area contributed by atoms with Crippen LogP contribution in [0.15, 0.2) is 0 Å². The highest BCUT2D eigenvalue weighted by Crippen LogP contribution is 2.28. The normalized spacial score (nSPS) is 24.5. The molecule has 2 N–H and O–H groups in total. The zero-order chi connectivity index (χ0) is 12.6. The van der Waals surface area contributed by atoms with Gasteiger partial charge in [-0.15, -0.1) is 0 Å². The molecule has 0 aromatic carbocycles. The smallest absolute Gasteiger partial charge is 0.0667 e. The van der Waals surface area contributed by atoms with Crippen LogP contribution in [0.1, 0.15) is 32.1 Å². The molecule has 1 aliphatic heterocycles. The van der Waals surface area contributed by atoms with Gasteiger partial charge in [0.2, 0.25) is 0 Å². The van der Waals surface area contributed by atoms with Gasteiger partial charge < -0.3 is 15.3 Å². The number of hydrogen-bond donors (Lipinski definition) is 2. The third-order valence-electron chi connectivity index (χ3n) is 4.17. The van der Waals surface area contributed by atoms with Gasteiger partial charge in [0.25, 0.3) is 0 Å². The fourth-order valence-electron chi connectivity index (χ4n) is 3.04. The molecule has 1 aliphatic carbocycles. The maximum Gasteiger partial charge on any atom is 0.0667 e. The van der Waals surface area contributed by atoms with Crippen LogP contribution in [0.4, 0.5) is 0 Å². The Morgan fingerprint density at radius 2 is 1.94 bits per heavy atom. The highest BCUT2D eigenvalue weighted by molar-refractivity contribution is 7.99. The molecule has 1 saturated heterocycles. The molecule has 0 bridgehead atoms. The van der Waals surface area contributed by atoms with Gasteiger partial charge in [-0.2, -0.15) is 11.8 Å². The molecule has 106 valence electrons. The predicted molar refractivity (Wildman–Crippen MR) is 79.2 cm³/mol. The molecule has 2 rings (SSSR count). The van der Waals surface area contributed by atoms with Gasteiger partial charge >= 0.3 is 0 Å². The monoisotopic (exact) mass is 272 g/mol. The molecule has 2 fully saturated rings. The van der Waals surface area contributed by atoms with Crippen LogP contribution < -0.4 is 5.32 Å². The molecular weight excluding hydrogens is 244 g/mol. The van der Waals surface area contributed by atoms with Crippen LogP contribution in [0.5, 0.6) is 0 Å². The average molecular weight is 272 g/mol. The highest BCUT2D eigenvalue weighted by atomic mass is 32.2. The van der Waals surface area contributed by atoms with Crippen LogP contribution >= 0.6 is 11.8 Å². The van der Waals surface area contributed by atoms with Crippen molar-refractivity contribution in [3.63, 3.8) is 0 Å². The van der Waals surface area contributed by atoms with E-state index in [4.69, 9.17) is 0 Å². The van der Waals surface area contributed by atoms with Gasteiger partial charge in [-0.25, -0.2) is 0 Å². The summed E-state index contributed by atoms with van der Waals surface area (Å²) >= 11 is 2.06. The summed E-state index contributed by atoms with van der Waals surface area (Å²) < 4.78 is 0. The Morgan fingerprint density at radius 3 is 2.67 bits per heavy atom. The second-order valence-corrected chi connectivity index (χ2v) is 6.92. The van der Waals surface area contributed by atoms with E-state index in [2.05, 4.69) is 22.0 Å². The molecule has 4 heteroatoms. The summed E-state index contributed by atoms with van der Waals surface area (Å²) in [5.41, 5.74) is 0. The molecule has 0 radical (unpaired) electrons. The standard InChI is InChI=1S/C14H28N2OS/c17-14(11-13-3-1-2-4-13)12-15-5-6-16-7-9-18-10-8-16/h13-15,17H,1-12H2. The van der Waals surface area contributed by atoms with Crippen molar-refractivity contribution in [2.75, 3.05) is 44.2 Å². The second kappa shape index (κ2) is 8.41. The number of rotatable bonds is 7. The maximum absolute atomic E-state index is 9.97. The van der Waals surface area contributed by atoms with Gasteiger partial charge in [-0.1, -0.05) is 25.7 Å². The average Bonchev–Trinajstić information content (AvgIpc) is 2.89. The summed E-state index contributed by atoms with van der Waals surface area (Å²) in [6, 6.07) is 0. The van der Waals surface area contributed by atoms with E-state index in [1.807, 2.05) is 0 Å². The summed E-state index contributed by atoms with van der Waals surface area (Å²) in [5, 5.41) is 13.4. The molecule has 2 aliphatic rings. The summed E-state index contributed by atoms with van der Waals surface area (Å²) in [5.74, 6) is 3.36. The molecule has 1 unspecified atom stereocenters. The second-order valence-electron chi connectivity index (χ2n) is 5.70. The minimum absolute atomic E-state index is 0.134. The SMILES string of the molecule is OC(CNCCN1CCSCC1)CC1CCCC1. The zero-order valence-electron chi connectivity index (χ0n) is 11.4. The first-order valence-corrected chi connectivity index (χ1v) is 8.69. The fourth-order valence-corrected chi connectivity index (χ4v) is 4.02. The van der Waals surface area contributed by atoms with Crippen molar-refractivity contribution in [3.8, 4) is 0 Å². The van der Waals surface area contributed by atoms with E-state index in [0.717, 1.165) is 32.0 Å². The van der Waals surface area contributed by atoms with Gasteiger partial charge in [0.15, 0.2) is 0 Å². The number of hydrogen-bond acceptors (Lipinski definition) is 4. The van der Waals surface area contributed by atoms with Crippen molar-refractivity contribution in [1.29, 1.82) is 0 Å². The molecular formula is C14H28N2OS. The van der Waals surface area contributed by atoms with Crippen molar-refractivity contribution < 1.29 is 5.11 Å². The van der Waals surface area contributed by atoms with E-state index in [-0.39, 0.29) is 6.10 Å². The van der Waals surface area contributed by atoms with Gasteiger partial charge in [-0.05, 0) is 12.3 Å². The molecule has 1 heterocycles. The van der Waals surface area contributed by atoms with Crippen molar-refractivity contribution >= 4 is 11.8 Å². The van der Waals surface area contributed by atoms with Crippen LogP contribution in [-0.4, -0.2) is 60.3 Å². The summed E-state index contributed by atoms with van der Waals surface area (Å²) in [6.45, 7) is 5.40. The van der Waals surface area contributed by atoms with Crippen molar-refractivity contribution in [1.82, 2.24) is 10.2 Å². The Hall–Kier alpha value is 0.230. The lowest BCUT2D eigenvalue weighted by molar-refractivity contribution is 0.139. The predicted octanol–water partition coefficient (Wildman–Crippen LogP) is 1.57. The van der Waals surface area contributed by atoms with E-state index in [1.54, 1.807) is 0 Å². The minimum Gasteiger partial charge on any atom is -0.392 e. The summed E-state index contributed by atoms with van der Waals surface area (Å²) in [4.78, 5) is 2.52. The number of aliphatic hydroxyl groups is 1. The third kappa shape index (κ3) is 5.47. The van der Waals surface area contributed by atoms with Crippen molar-refractivity contribution in [2.45, 2.75) is 38.2 Å². The van der Waals surface area contributed by atoms with E-state index in [1.165, 1.54) is 50.3 Å². The number of nitrogens with zero attached hydrogens (tertiary/aromatic N) is 1. The number of nitrogens with one attached hydrogen (secondary N) is 1. The van der Waals surface area contributed by atoms with Crippen LogP contribution in [0.3, 0.4) is 0 Å². The van der Waals surface area contributed by atoms with E-state index >= 15 is 0 Å². The van der Waals surface area contributed by atoms with Gasteiger partial charge in [0.1, 0.15) is 0 Å². The molecule has 1 atom stereocenters. The summed E-state index contributed by atoms with van der Waals surface area (Å²) in [6.07, 6.45) is 6.29. The highest BCUT2D eigenvalue weighted by Gasteiger charge is 2.18. The Labute approximate surface area is 116 Å². The molecule has 0 amide bonds. The third-order valence-corrected chi connectivity index (χ3v) is 5.11. The molecule has 0 spiro atoms. The minimum atomic E-state index is -0.134. The molecule has 1 saturated carbocycles. The first-order valence-electron chi connectivity index (χ1n) is 7.53. The van der Waals surface area contributed by atoms with Crippen LogP contribution in [0, 0.1) is 5.92 Å². The van der Waals surface area contributed by atoms with Crippen molar-refractivity contribution in [2.24, 2.45) is 5.92 Å². The Balaban J connectivity index is 1.46. The number of thioether (sulfide) groups is 1. The Bertz CT molecular complexity index is 216. The van der Waals surface area contributed by atoms with Gasteiger partial charge in [0, 0.05) is 44.2 Å². The van der Waals surface area contributed by atoms with Crippen molar-refractivity contribution in [3.05, 3.63) is 0 Å². The van der Waals surface area contributed by atoms with Gasteiger partial charge in [-0.3, -0.25) is 0 Å². The first-order chi connectivity index (χ1) is 8.84. The van der Waals surface area contributed by atoms with E-state index in [0.29, 0.717) is 0 Å². The first kappa shape index (κ1) is 14.6. The molecule has 0 aromatic rings. The molecule has 18 heavy (non-hydrogen) atoms.